The van der Waals surface area contributed by atoms with E-state index < -0.39 is 24.8 Å². The molecule has 1 amide bonds. The molecule has 1 atom stereocenters. The molecule has 0 saturated carbocycles. The molecule has 3 aromatic rings. The normalized spacial score (nSPS) is 12.3. The van der Waals surface area contributed by atoms with Crippen molar-refractivity contribution in [2.24, 2.45) is 0 Å². The predicted molar refractivity (Wildman–Crippen MR) is 120 cm³/mol. The molecule has 9 heteroatoms. The van der Waals surface area contributed by atoms with E-state index in [-0.39, 0.29) is 16.3 Å². The maximum Gasteiger partial charge on any atom is 0.573 e. The number of thioether (sulfide) groups is 1. The standard InChI is InChI=1S/C23H19ClF3NO3S/c1-32-16-9-6-14(7-10-16)19(13-29)22(30)28-15-8-11-17(20(24)12-15)18-4-2-3-5-21(18)31-23(25,26)27/h2-12,19,29H,13H2,1H3,(H,28,30). The number of ether oxygens (including phenoxy) is 1. The van der Waals surface area contributed by atoms with E-state index in [1.165, 1.54) is 36.4 Å². The van der Waals surface area contributed by atoms with Gasteiger partial charge in [0, 0.05) is 21.7 Å². The molecular formula is C23H19ClF3NO3S. The minimum absolute atomic E-state index is 0.130. The minimum Gasteiger partial charge on any atom is -0.405 e. The van der Waals surface area contributed by atoms with E-state index in [0.717, 1.165) is 4.90 Å². The Morgan fingerprint density at radius 3 is 2.38 bits per heavy atom. The number of hydrogen-bond donors (Lipinski definition) is 2. The smallest absolute Gasteiger partial charge is 0.405 e. The number of carbonyl (C=O) groups is 1. The summed E-state index contributed by atoms with van der Waals surface area (Å²) in [6.45, 7) is -0.390. The minimum atomic E-state index is -4.84. The molecule has 0 fully saturated rings. The van der Waals surface area contributed by atoms with Gasteiger partial charge in [0.25, 0.3) is 0 Å². The van der Waals surface area contributed by atoms with Crippen molar-refractivity contribution < 1.29 is 27.8 Å². The van der Waals surface area contributed by atoms with Crippen molar-refractivity contribution in [3.63, 3.8) is 0 Å². The first-order chi connectivity index (χ1) is 15.2. The van der Waals surface area contributed by atoms with E-state index in [1.807, 2.05) is 18.4 Å². The number of aliphatic hydroxyl groups excluding tert-OH is 1. The van der Waals surface area contributed by atoms with Crippen LogP contribution in [0.5, 0.6) is 5.75 Å². The fourth-order valence-corrected chi connectivity index (χ4v) is 3.81. The maximum absolute atomic E-state index is 12.7. The zero-order chi connectivity index (χ0) is 23.3. The molecule has 0 aliphatic carbocycles. The number of anilines is 1. The molecule has 0 aliphatic rings. The third-order valence-corrected chi connectivity index (χ3v) is 5.71. The molecule has 0 radical (unpaired) electrons. The lowest BCUT2D eigenvalue weighted by molar-refractivity contribution is -0.274. The number of nitrogens with one attached hydrogen (secondary N) is 1. The number of aliphatic hydroxyl groups is 1. The molecule has 1 unspecified atom stereocenters. The topological polar surface area (TPSA) is 58.6 Å². The Balaban J connectivity index is 1.81. The molecule has 0 spiro atoms. The predicted octanol–water partition coefficient (Wildman–Crippen LogP) is 6.34. The summed E-state index contributed by atoms with van der Waals surface area (Å²) in [6.07, 6.45) is -2.91. The third kappa shape index (κ3) is 5.97. The zero-order valence-corrected chi connectivity index (χ0v) is 18.4. The Morgan fingerprint density at radius 1 is 1.09 bits per heavy atom. The summed E-state index contributed by atoms with van der Waals surface area (Å²) in [5.74, 6) is -1.60. The van der Waals surface area contributed by atoms with Gasteiger partial charge >= 0.3 is 6.36 Å². The summed E-state index contributed by atoms with van der Waals surface area (Å²) in [6, 6.07) is 17.4. The molecule has 4 nitrogen and oxygen atoms in total. The quantitative estimate of drug-likeness (QED) is 0.386. The first kappa shape index (κ1) is 24.0. The van der Waals surface area contributed by atoms with E-state index in [0.29, 0.717) is 16.8 Å². The van der Waals surface area contributed by atoms with Gasteiger partial charge in [-0.2, -0.15) is 0 Å². The van der Waals surface area contributed by atoms with Gasteiger partial charge in [-0.25, -0.2) is 0 Å². The molecule has 3 aromatic carbocycles. The first-order valence-electron chi connectivity index (χ1n) is 9.42. The van der Waals surface area contributed by atoms with E-state index in [2.05, 4.69) is 10.1 Å². The second-order valence-electron chi connectivity index (χ2n) is 6.74. The number of para-hydroxylation sites is 1. The number of hydrogen-bond acceptors (Lipinski definition) is 4. The molecule has 0 aromatic heterocycles. The van der Waals surface area contributed by atoms with Crippen LogP contribution in [-0.4, -0.2) is 30.2 Å². The highest BCUT2D eigenvalue weighted by Crippen LogP contribution is 2.38. The van der Waals surface area contributed by atoms with Crippen LogP contribution in [0.2, 0.25) is 5.02 Å². The summed E-state index contributed by atoms with van der Waals surface area (Å²) in [5.41, 5.74) is 1.48. The lowest BCUT2D eigenvalue weighted by Crippen LogP contribution is -2.23. The summed E-state index contributed by atoms with van der Waals surface area (Å²) in [7, 11) is 0. The summed E-state index contributed by atoms with van der Waals surface area (Å²) < 4.78 is 42.2. The van der Waals surface area contributed by atoms with Gasteiger partial charge < -0.3 is 15.2 Å². The molecule has 0 bridgehead atoms. The van der Waals surface area contributed by atoms with Crippen LogP contribution >= 0.6 is 23.4 Å². The highest BCUT2D eigenvalue weighted by molar-refractivity contribution is 7.98. The molecule has 32 heavy (non-hydrogen) atoms. The van der Waals surface area contributed by atoms with Crippen molar-refractivity contribution in [2.45, 2.75) is 17.2 Å². The monoisotopic (exact) mass is 481 g/mol. The summed E-state index contributed by atoms with van der Waals surface area (Å²) in [4.78, 5) is 13.7. The fourth-order valence-electron chi connectivity index (χ4n) is 3.12. The van der Waals surface area contributed by atoms with E-state index in [9.17, 15) is 23.1 Å². The van der Waals surface area contributed by atoms with Gasteiger partial charge in [-0.1, -0.05) is 48.0 Å². The van der Waals surface area contributed by atoms with Gasteiger partial charge in [0.15, 0.2) is 0 Å². The van der Waals surface area contributed by atoms with Gasteiger partial charge in [-0.15, -0.1) is 24.9 Å². The Hall–Kier alpha value is -2.68. The number of alkyl halides is 3. The van der Waals surface area contributed by atoms with Gasteiger partial charge in [-0.3, -0.25) is 4.79 Å². The number of halogens is 4. The largest absolute Gasteiger partial charge is 0.573 e. The van der Waals surface area contributed by atoms with Crippen LogP contribution in [0.4, 0.5) is 18.9 Å². The Bertz CT molecular complexity index is 1090. The van der Waals surface area contributed by atoms with Crippen molar-refractivity contribution >= 4 is 35.0 Å². The van der Waals surface area contributed by atoms with Crippen LogP contribution < -0.4 is 10.1 Å². The van der Waals surface area contributed by atoms with Crippen LogP contribution in [0.1, 0.15) is 11.5 Å². The molecule has 2 N–H and O–H groups in total. The first-order valence-corrected chi connectivity index (χ1v) is 11.0. The third-order valence-electron chi connectivity index (χ3n) is 4.66. The lowest BCUT2D eigenvalue weighted by Gasteiger charge is -2.17. The van der Waals surface area contributed by atoms with Crippen LogP contribution in [0.3, 0.4) is 0 Å². The van der Waals surface area contributed by atoms with Crippen molar-refractivity contribution in [1.29, 1.82) is 0 Å². The van der Waals surface area contributed by atoms with Gasteiger partial charge in [0.05, 0.1) is 17.5 Å². The summed E-state index contributed by atoms with van der Waals surface area (Å²) >= 11 is 7.88. The average molecular weight is 482 g/mol. The van der Waals surface area contributed by atoms with Crippen LogP contribution in [-0.2, 0) is 4.79 Å². The van der Waals surface area contributed by atoms with Crippen molar-refractivity contribution in [3.8, 4) is 16.9 Å². The maximum atomic E-state index is 12.7. The van der Waals surface area contributed by atoms with Crippen molar-refractivity contribution in [3.05, 3.63) is 77.3 Å². The van der Waals surface area contributed by atoms with Gasteiger partial charge in [-0.05, 0) is 42.2 Å². The highest BCUT2D eigenvalue weighted by Gasteiger charge is 2.32. The number of rotatable bonds is 7. The van der Waals surface area contributed by atoms with Gasteiger partial charge in [0.1, 0.15) is 5.75 Å². The molecule has 0 saturated heterocycles. The highest BCUT2D eigenvalue weighted by atomic mass is 35.5. The van der Waals surface area contributed by atoms with Crippen LogP contribution in [0, 0.1) is 0 Å². The van der Waals surface area contributed by atoms with E-state index in [4.69, 9.17) is 11.6 Å². The number of benzene rings is 3. The zero-order valence-electron chi connectivity index (χ0n) is 16.8. The fraction of sp³-hybridized carbons (Fsp3) is 0.174. The second kappa shape index (κ2) is 10.3. The molecule has 168 valence electrons. The van der Waals surface area contributed by atoms with Gasteiger partial charge in [0.2, 0.25) is 5.91 Å². The van der Waals surface area contributed by atoms with Crippen LogP contribution in [0.25, 0.3) is 11.1 Å². The Kier molecular flexibility index (Phi) is 7.71. The average Bonchev–Trinajstić information content (AvgIpc) is 2.74. The molecule has 0 aliphatic heterocycles. The Morgan fingerprint density at radius 2 is 1.78 bits per heavy atom. The molecule has 3 rings (SSSR count). The van der Waals surface area contributed by atoms with Crippen molar-refractivity contribution in [2.75, 3.05) is 18.2 Å². The number of amides is 1. The van der Waals surface area contributed by atoms with Crippen LogP contribution in [0.15, 0.2) is 71.6 Å². The Labute approximate surface area is 192 Å². The van der Waals surface area contributed by atoms with E-state index in [1.54, 1.807) is 30.0 Å². The second-order valence-corrected chi connectivity index (χ2v) is 8.02. The summed E-state index contributed by atoms with van der Waals surface area (Å²) in [5, 5.41) is 12.6. The molecule has 0 heterocycles. The number of carbonyl (C=O) groups excluding carboxylic acids is 1. The molecular weight excluding hydrogens is 463 g/mol. The lowest BCUT2D eigenvalue weighted by atomic mass is 9.99. The SMILES string of the molecule is CSc1ccc(C(CO)C(=O)Nc2ccc(-c3ccccc3OC(F)(F)F)c(Cl)c2)cc1. The van der Waals surface area contributed by atoms with Crippen molar-refractivity contribution in [1.82, 2.24) is 0 Å². The van der Waals surface area contributed by atoms with E-state index >= 15 is 0 Å².